The Bertz CT molecular complexity index is 578. The molecule has 2 rings (SSSR count). The molecule has 108 valence electrons. The van der Waals surface area contributed by atoms with Crippen LogP contribution in [-0.2, 0) is 6.54 Å². The zero-order valence-corrected chi connectivity index (χ0v) is 12.4. The summed E-state index contributed by atoms with van der Waals surface area (Å²) in [6.07, 6.45) is 1.74. The molecule has 0 aromatic carbocycles. The first kappa shape index (κ1) is 14.2. The summed E-state index contributed by atoms with van der Waals surface area (Å²) in [4.78, 5) is 6.50. The molecular formula is C15H21N3O2. The first-order valence-electron chi connectivity index (χ1n) is 6.64. The molecule has 2 N–H and O–H groups in total. The predicted octanol–water partition coefficient (Wildman–Crippen LogP) is 2.99. The Kier molecular flexibility index (Phi) is 4.17. The highest BCUT2D eigenvalue weighted by atomic mass is 16.5. The van der Waals surface area contributed by atoms with Crippen LogP contribution in [-0.4, -0.2) is 18.1 Å². The Morgan fingerprint density at radius 2 is 2.10 bits per heavy atom. The van der Waals surface area contributed by atoms with E-state index in [-0.39, 0.29) is 6.10 Å². The number of aryl methyl sites for hydroxylation is 1. The van der Waals surface area contributed by atoms with Crippen LogP contribution in [0.3, 0.4) is 0 Å². The molecule has 0 atom stereocenters. The van der Waals surface area contributed by atoms with Gasteiger partial charge >= 0.3 is 0 Å². The molecule has 0 aliphatic heterocycles. The molecule has 2 aromatic heterocycles. The Labute approximate surface area is 119 Å². The van der Waals surface area contributed by atoms with Gasteiger partial charge in [-0.15, -0.1) is 0 Å². The van der Waals surface area contributed by atoms with Gasteiger partial charge < -0.3 is 19.8 Å². The molecule has 0 saturated carbocycles. The van der Waals surface area contributed by atoms with Gasteiger partial charge in [-0.2, -0.15) is 4.98 Å². The number of anilines is 2. The molecule has 2 aromatic rings. The summed E-state index contributed by atoms with van der Waals surface area (Å²) in [5.41, 5.74) is 7.56. The zero-order chi connectivity index (χ0) is 14.7. The fraction of sp³-hybridized carbons (Fsp3) is 0.400. The molecule has 5 nitrogen and oxygen atoms in total. The number of hydrogen-bond acceptors (Lipinski definition) is 5. The second-order valence-corrected chi connectivity index (χ2v) is 5.09. The molecule has 0 fully saturated rings. The topological polar surface area (TPSA) is 64.5 Å². The number of furan rings is 1. The molecule has 0 saturated heterocycles. The van der Waals surface area contributed by atoms with E-state index in [4.69, 9.17) is 14.9 Å². The quantitative estimate of drug-likeness (QED) is 0.908. The Balaban J connectivity index is 2.17. The van der Waals surface area contributed by atoms with Crippen LogP contribution >= 0.6 is 0 Å². The van der Waals surface area contributed by atoms with E-state index in [2.05, 4.69) is 4.98 Å². The Morgan fingerprint density at radius 1 is 1.35 bits per heavy atom. The lowest BCUT2D eigenvalue weighted by Gasteiger charge is -2.20. The largest absolute Gasteiger partial charge is 0.473 e. The second-order valence-electron chi connectivity index (χ2n) is 5.09. The summed E-state index contributed by atoms with van der Waals surface area (Å²) in [7, 11) is 1.98. The summed E-state index contributed by atoms with van der Waals surface area (Å²) in [6.45, 7) is 6.58. The average molecular weight is 275 g/mol. The maximum Gasteiger partial charge on any atom is 0.239 e. The van der Waals surface area contributed by atoms with Crippen molar-refractivity contribution in [3.8, 4) is 5.88 Å². The van der Waals surface area contributed by atoms with Crippen molar-refractivity contribution < 1.29 is 9.15 Å². The minimum atomic E-state index is 0.0430. The van der Waals surface area contributed by atoms with E-state index in [1.54, 1.807) is 6.26 Å². The van der Waals surface area contributed by atoms with Crippen molar-refractivity contribution in [2.24, 2.45) is 0 Å². The first-order chi connectivity index (χ1) is 9.47. The van der Waals surface area contributed by atoms with Crippen LogP contribution < -0.4 is 15.4 Å². The molecule has 0 aliphatic carbocycles. The third kappa shape index (κ3) is 3.23. The van der Waals surface area contributed by atoms with E-state index in [9.17, 15) is 0 Å². The van der Waals surface area contributed by atoms with Crippen LogP contribution in [0.15, 0.2) is 28.9 Å². The smallest absolute Gasteiger partial charge is 0.239 e. The molecule has 0 spiro atoms. The fourth-order valence-electron chi connectivity index (χ4n) is 1.88. The summed E-state index contributed by atoms with van der Waals surface area (Å²) in [5, 5.41) is 0. The number of aromatic nitrogens is 1. The molecule has 0 amide bonds. The number of hydrogen-bond donors (Lipinski definition) is 1. The van der Waals surface area contributed by atoms with Crippen molar-refractivity contribution >= 4 is 11.5 Å². The highest BCUT2D eigenvalue weighted by Crippen LogP contribution is 2.24. The van der Waals surface area contributed by atoms with Gasteiger partial charge in [0.05, 0.1) is 18.1 Å². The van der Waals surface area contributed by atoms with Crippen LogP contribution in [0.4, 0.5) is 11.5 Å². The Morgan fingerprint density at radius 3 is 2.70 bits per heavy atom. The highest BCUT2D eigenvalue weighted by Gasteiger charge is 2.11. The fourth-order valence-corrected chi connectivity index (χ4v) is 1.88. The van der Waals surface area contributed by atoms with Gasteiger partial charge in [-0.05, 0) is 39.0 Å². The van der Waals surface area contributed by atoms with Gasteiger partial charge in [-0.1, -0.05) is 0 Å². The van der Waals surface area contributed by atoms with Crippen molar-refractivity contribution in [2.45, 2.75) is 33.4 Å². The van der Waals surface area contributed by atoms with Gasteiger partial charge in [0, 0.05) is 19.2 Å². The van der Waals surface area contributed by atoms with Gasteiger partial charge in [-0.25, -0.2) is 0 Å². The van der Waals surface area contributed by atoms with Crippen LogP contribution in [0.1, 0.15) is 25.2 Å². The molecule has 0 aliphatic rings. The molecule has 20 heavy (non-hydrogen) atoms. The summed E-state index contributed by atoms with van der Waals surface area (Å²) in [6, 6.07) is 5.67. The lowest BCUT2D eigenvalue weighted by Crippen LogP contribution is -2.19. The van der Waals surface area contributed by atoms with Gasteiger partial charge in [0.15, 0.2) is 0 Å². The molecular weight excluding hydrogens is 254 g/mol. The number of nitrogens with two attached hydrogens (primary N) is 1. The van der Waals surface area contributed by atoms with Crippen molar-refractivity contribution in [1.82, 2.24) is 4.98 Å². The standard InChI is InChI=1S/C15H21N3O2/c1-10(2)20-15-13(16)5-6-14(17-15)18(4)9-12-7-8-19-11(12)3/h5-8,10H,9,16H2,1-4H3. The zero-order valence-electron chi connectivity index (χ0n) is 12.4. The number of rotatable bonds is 5. The van der Waals surface area contributed by atoms with Crippen LogP contribution in [0.5, 0.6) is 5.88 Å². The normalized spacial score (nSPS) is 10.8. The average Bonchev–Trinajstić information content (AvgIpc) is 2.77. The monoisotopic (exact) mass is 275 g/mol. The van der Waals surface area contributed by atoms with Gasteiger partial charge in [-0.3, -0.25) is 0 Å². The maximum atomic E-state index is 5.88. The number of nitrogen functional groups attached to an aromatic ring is 1. The third-order valence-electron chi connectivity index (χ3n) is 2.99. The molecule has 0 unspecified atom stereocenters. The predicted molar refractivity (Wildman–Crippen MR) is 80.0 cm³/mol. The van der Waals surface area contributed by atoms with E-state index < -0.39 is 0 Å². The lowest BCUT2D eigenvalue weighted by atomic mass is 10.2. The van der Waals surface area contributed by atoms with Crippen molar-refractivity contribution in [3.05, 3.63) is 35.8 Å². The van der Waals surface area contributed by atoms with Gasteiger partial charge in [0.2, 0.25) is 5.88 Å². The van der Waals surface area contributed by atoms with E-state index in [0.717, 1.165) is 23.7 Å². The number of pyridine rings is 1. The summed E-state index contributed by atoms with van der Waals surface area (Å²) in [5.74, 6) is 2.22. The van der Waals surface area contributed by atoms with Crippen molar-refractivity contribution in [1.29, 1.82) is 0 Å². The van der Waals surface area contributed by atoms with E-state index in [1.807, 2.05) is 50.9 Å². The van der Waals surface area contributed by atoms with E-state index in [1.165, 1.54) is 0 Å². The van der Waals surface area contributed by atoms with Crippen molar-refractivity contribution in [2.75, 3.05) is 17.7 Å². The SMILES string of the molecule is Cc1occc1CN(C)c1ccc(N)c(OC(C)C)n1. The van der Waals surface area contributed by atoms with Crippen LogP contribution in [0, 0.1) is 6.92 Å². The van der Waals surface area contributed by atoms with Crippen LogP contribution in [0.2, 0.25) is 0 Å². The van der Waals surface area contributed by atoms with E-state index >= 15 is 0 Å². The Hall–Kier alpha value is -2.17. The maximum absolute atomic E-state index is 5.88. The molecule has 0 bridgehead atoms. The van der Waals surface area contributed by atoms with Gasteiger partial charge in [0.1, 0.15) is 11.6 Å². The highest BCUT2D eigenvalue weighted by molar-refractivity contribution is 5.54. The number of ether oxygens (including phenoxy) is 1. The number of nitrogens with zero attached hydrogens (tertiary/aromatic N) is 2. The van der Waals surface area contributed by atoms with Crippen LogP contribution in [0.25, 0.3) is 0 Å². The summed E-state index contributed by atoms with van der Waals surface area (Å²) >= 11 is 0. The van der Waals surface area contributed by atoms with Gasteiger partial charge in [0.25, 0.3) is 0 Å². The lowest BCUT2D eigenvalue weighted by molar-refractivity contribution is 0.234. The molecule has 0 radical (unpaired) electrons. The summed E-state index contributed by atoms with van der Waals surface area (Å²) < 4.78 is 10.9. The second kappa shape index (κ2) is 5.86. The van der Waals surface area contributed by atoms with Crippen molar-refractivity contribution in [3.63, 3.8) is 0 Å². The minimum absolute atomic E-state index is 0.0430. The van der Waals surface area contributed by atoms with E-state index in [0.29, 0.717) is 11.6 Å². The molecule has 5 heteroatoms. The molecule has 2 heterocycles. The third-order valence-corrected chi connectivity index (χ3v) is 2.99. The minimum Gasteiger partial charge on any atom is -0.473 e. The first-order valence-corrected chi connectivity index (χ1v) is 6.64.